The lowest BCUT2D eigenvalue weighted by Crippen LogP contribution is -2.47. The van der Waals surface area contributed by atoms with Gasteiger partial charge in [0.25, 0.3) is 0 Å². The summed E-state index contributed by atoms with van der Waals surface area (Å²) < 4.78 is 10.9. The summed E-state index contributed by atoms with van der Waals surface area (Å²) in [6.45, 7) is 5.79. The van der Waals surface area contributed by atoms with Crippen molar-refractivity contribution in [3.8, 4) is 0 Å². The molecule has 0 bridgehead atoms. The van der Waals surface area contributed by atoms with Crippen LogP contribution in [0.5, 0.6) is 0 Å². The molecule has 1 N–H and O–H groups in total. The maximum absolute atomic E-state index is 10.9. The Morgan fingerprint density at radius 3 is 2.80 bits per heavy atom. The van der Waals surface area contributed by atoms with E-state index in [-0.39, 0.29) is 0 Å². The predicted octanol–water partition coefficient (Wildman–Crippen LogP) is 0.685. The van der Waals surface area contributed by atoms with Gasteiger partial charge in [-0.15, -0.1) is 0 Å². The van der Waals surface area contributed by atoms with Crippen LogP contribution >= 0.6 is 0 Å². The fourth-order valence-electron chi connectivity index (χ4n) is 2.36. The predicted molar refractivity (Wildman–Crippen MR) is 66.6 cm³/mol. The van der Waals surface area contributed by atoms with E-state index in [9.17, 15) is 4.21 Å². The molecular formula is C11H24N2OS. The van der Waals surface area contributed by atoms with Crippen LogP contribution in [0.4, 0.5) is 0 Å². The average molecular weight is 232 g/mol. The molecule has 1 fully saturated rings. The summed E-state index contributed by atoms with van der Waals surface area (Å²) in [5.74, 6) is 1.58. The highest BCUT2D eigenvalue weighted by molar-refractivity contribution is 7.84. The summed E-state index contributed by atoms with van der Waals surface area (Å²) in [7, 11) is 1.43. The van der Waals surface area contributed by atoms with E-state index in [1.165, 1.54) is 19.5 Å². The second-order valence-electron chi connectivity index (χ2n) is 4.59. The number of rotatable bonds is 5. The van der Waals surface area contributed by atoms with Crippen molar-refractivity contribution in [3.05, 3.63) is 0 Å². The molecule has 3 nitrogen and oxygen atoms in total. The van der Waals surface area contributed by atoms with Crippen molar-refractivity contribution >= 4 is 10.8 Å². The molecule has 1 heterocycles. The van der Waals surface area contributed by atoms with Gasteiger partial charge in [0, 0.05) is 35.4 Å². The molecule has 0 aromatic heterocycles. The van der Waals surface area contributed by atoms with Gasteiger partial charge in [-0.05, 0) is 38.9 Å². The molecule has 3 unspecified atom stereocenters. The lowest BCUT2D eigenvalue weighted by atomic mass is 9.94. The number of piperidine rings is 1. The van der Waals surface area contributed by atoms with Gasteiger partial charge in [-0.2, -0.15) is 0 Å². The first-order valence-corrected chi connectivity index (χ1v) is 7.56. The third-order valence-corrected chi connectivity index (χ3v) is 4.13. The fourth-order valence-corrected chi connectivity index (χ4v) is 2.89. The van der Waals surface area contributed by atoms with E-state index < -0.39 is 10.8 Å². The smallest absolute Gasteiger partial charge is 0.0244 e. The number of nitrogens with zero attached hydrogens (tertiary/aromatic N) is 1. The Kier molecular flexibility index (Phi) is 5.79. The van der Waals surface area contributed by atoms with Crippen LogP contribution in [0.1, 0.15) is 19.8 Å². The van der Waals surface area contributed by atoms with Crippen LogP contribution < -0.4 is 5.32 Å². The number of hydrogen-bond acceptors (Lipinski definition) is 3. The largest absolute Gasteiger partial charge is 0.317 e. The fraction of sp³-hybridized carbons (Fsp3) is 1.00. The average Bonchev–Trinajstić information content (AvgIpc) is 2.17. The molecule has 1 aliphatic heterocycles. The molecule has 90 valence electrons. The number of nitrogens with one attached hydrogen (secondary N) is 1. The molecule has 1 saturated heterocycles. The minimum Gasteiger partial charge on any atom is -0.317 e. The normalized spacial score (nSPS) is 30.3. The first-order valence-electron chi connectivity index (χ1n) is 5.83. The molecule has 4 heteroatoms. The van der Waals surface area contributed by atoms with Gasteiger partial charge in [0.15, 0.2) is 0 Å². The zero-order valence-corrected chi connectivity index (χ0v) is 11.0. The monoisotopic (exact) mass is 232 g/mol. The number of hydrogen-bond donors (Lipinski definition) is 1. The van der Waals surface area contributed by atoms with Crippen molar-refractivity contribution in [2.24, 2.45) is 5.92 Å². The third kappa shape index (κ3) is 4.62. The van der Waals surface area contributed by atoms with Gasteiger partial charge in [-0.25, -0.2) is 0 Å². The van der Waals surface area contributed by atoms with Gasteiger partial charge in [0.1, 0.15) is 0 Å². The summed E-state index contributed by atoms with van der Waals surface area (Å²) >= 11 is 0. The van der Waals surface area contributed by atoms with Crippen LogP contribution in [0.2, 0.25) is 0 Å². The van der Waals surface area contributed by atoms with E-state index >= 15 is 0 Å². The van der Waals surface area contributed by atoms with E-state index in [1.807, 2.05) is 0 Å². The Hall–Kier alpha value is 0.0700. The molecule has 0 radical (unpaired) electrons. The second kappa shape index (κ2) is 6.61. The first-order chi connectivity index (χ1) is 7.13. The van der Waals surface area contributed by atoms with Gasteiger partial charge in [0.05, 0.1) is 0 Å². The quantitative estimate of drug-likeness (QED) is 0.757. The molecule has 15 heavy (non-hydrogen) atoms. The summed E-state index contributed by atoms with van der Waals surface area (Å²) in [5, 5.41) is 3.37. The molecule has 1 aliphatic rings. The molecule has 1 rings (SSSR count). The second-order valence-corrected chi connectivity index (χ2v) is 6.15. The lowest BCUT2D eigenvalue weighted by molar-refractivity contribution is 0.152. The molecule has 0 saturated carbocycles. The summed E-state index contributed by atoms with van der Waals surface area (Å²) in [5.41, 5.74) is 0. The van der Waals surface area contributed by atoms with Gasteiger partial charge in [-0.3, -0.25) is 4.21 Å². The van der Waals surface area contributed by atoms with Gasteiger partial charge >= 0.3 is 0 Å². The Morgan fingerprint density at radius 2 is 2.27 bits per heavy atom. The van der Waals surface area contributed by atoms with Crippen molar-refractivity contribution < 1.29 is 4.21 Å². The maximum atomic E-state index is 10.9. The van der Waals surface area contributed by atoms with Crippen molar-refractivity contribution in [1.29, 1.82) is 0 Å². The molecule has 0 aliphatic carbocycles. The van der Waals surface area contributed by atoms with Gasteiger partial charge in [-0.1, -0.05) is 6.92 Å². The Bertz CT molecular complexity index is 211. The van der Waals surface area contributed by atoms with E-state index in [4.69, 9.17) is 0 Å². The minimum atomic E-state index is -0.626. The van der Waals surface area contributed by atoms with E-state index in [1.54, 1.807) is 6.26 Å². The molecule has 0 aromatic carbocycles. The zero-order valence-electron chi connectivity index (χ0n) is 10.2. The van der Waals surface area contributed by atoms with Crippen molar-refractivity contribution in [3.63, 3.8) is 0 Å². The SMILES string of the molecule is CNC1CCN(CCCS(C)=O)CC1C. The van der Waals surface area contributed by atoms with Crippen LogP contribution in [-0.4, -0.2) is 53.8 Å². The van der Waals surface area contributed by atoms with E-state index in [0.29, 0.717) is 6.04 Å². The van der Waals surface area contributed by atoms with Crippen molar-refractivity contribution in [1.82, 2.24) is 10.2 Å². The van der Waals surface area contributed by atoms with Crippen LogP contribution in [0, 0.1) is 5.92 Å². The zero-order chi connectivity index (χ0) is 11.3. The highest BCUT2D eigenvalue weighted by Gasteiger charge is 2.23. The molecule has 0 aromatic rings. The molecule has 3 atom stereocenters. The Morgan fingerprint density at radius 1 is 1.53 bits per heavy atom. The van der Waals surface area contributed by atoms with Gasteiger partial charge in [0.2, 0.25) is 0 Å². The van der Waals surface area contributed by atoms with E-state index in [2.05, 4.69) is 24.2 Å². The molecule has 0 amide bonds. The van der Waals surface area contributed by atoms with Gasteiger partial charge < -0.3 is 10.2 Å². The van der Waals surface area contributed by atoms with E-state index in [0.717, 1.165) is 24.6 Å². The summed E-state index contributed by atoms with van der Waals surface area (Å²) in [6.07, 6.45) is 4.10. The highest BCUT2D eigenvalue weighted by Crippen LogP contribution is 2.16. The van der Waals surface area contributed by atoms with Crippen LogP contribution in [-0.2, 0) is 10.8 Å². The Labute approximate surface area is 96.1 Å². The molecule has 0 spiro atoms. The van der Waals surface area contributed by atoms with Crippen LogP contribution in [0.3, 0.4) is 0 Å². The standard InChI is InChI=1S/C11H24N2OS/c1-10-9-13(6-4-8-15(3)14)7-5-11(10)12-2/h10-12H,4-9H2,1-3H3. The summed E-state index contributed by atoms with van der Waals surface area (Å²) in [4.78, 5) is 2.51. The van der Waals surface area contributed by atoms with Crippen LogP contribution in [0.25, 0.3) is 0 Å². The third-order valence-electron chi connectivity index (χ3n) is 3.27. The first kappa shape index (κ1) is 13.1. The maximum Gasteiger partial charge on any atom is 0.0244 e. The number of likely N-dealkylation sites (tertiary alicyclic amines) is 1. The highest BCUT2D eigenvalue weighted by atomic mass is 32.2. The van der Waals surface area contributed by atoms with Crippen molar-refractivity contribution in [2.75, 3.05) is 38.7 Å². The topological polar surface area (TPSA) is 32.3 Å². The summed E-state index contributed by atoms with van der Waals surface area (Å²) in [6, 6.07) is 0.682. The Balaban J connectivity index is 2.20. The van der Waals surface area contributed by atoms with Crippen molar-refractivity contribution in [2.45, 2.75) is 25.8 Å². The lowest BCUT2D eigenvalue weighted by Gasteiger charge is -2.36. The molecular weight excluding hydrogens is 208 g/mol. The van der Waals surface area contributed by atoms with Crippen LogP contribution in [0.15, 0.2) is 0 Å². The minimum absolute atomic E-state index is 0.626.